The summed E-state index contributed by atoms with van der Waals surface area (Å²) in [5, 5.41) is 1.98. The molecule has 0 unspecified atom stereocenters. The standard InChI is InChI=1S/C25H22Cl2N2O6/c1-34-17-5-3-2-4-16(17)28-18(30)11-35-25(33)12-6-8-13(9-7-12)29-23(31)19-14-10-15(20(19)24(29)32)22(27)21(14)26/h2-9,14-15,19-22H,10-11H2,1H3,(H,28,30)/t14-,15-,19-,20-,21+,22+/m1/s1. The van der Waals surface area contributed by atoms with Crippen LogP contribution >= 0.6 is 23.2 Å². The summed E-state index contributed by atoms with van der Waals surface area (Å²) in [6.45, 7) is -0.493. The number of fused-ring (bicyclic) bond motifs is 5. The second-order valence-electron chi connectivity index (χ2n) is 8.89. The molecule has 3 fully saturated rings. The van der Waals surface area contributed by atoms with Gasteiger partial charge in [-0.2, -0.15) is 0 Å². The van der Waals surface area contributed by atoms with Crippen LogP contribution < -0.4 is 15.0 Å². The van der Waals surface area contributed by atoms with E-state index in [1.54, 1.807) is 24.3 Å². The van der Waals surface area contributed by atoms with Gasteiger partial charge in [-0.1, -0.05) is 12.1 Å². The maximum absolute atomic E-state index is 13.1. The van der Waals surface area contributed by atoms with Crippen molar-refractivity contribution in [1.82, 2.24) is 0 Å². The Morgan fingerprint density at radius 3 is 2.17 bits per heavy atom. The van der Waals surface area contributed by atoms with Gasteiger partial charge in [-0.25, -0.2) is 4.79 Å². The van der Waals surface area contributed by atoms with Crippen molar-refractivity contribution in [3.05, 3.63) is 54.1 Å². The van der Waals surface area contributed by atoms with Crippen LogP contribution in [0.15, 0.2) is 48.5 Å². The van der Waals surface area contributed by atoms with Gasteiger partial charge in [0, 0.05) is 0 Å². The molecule has 1 heterocycles. The summed E-state index contributed by atoms with van der Waals surface area (Å²) in [6, 6.07) is 12.8. The molecule has 10 heteroatoms. The number of imide groups is 1. The highest BCUT2D eigenvalue weighted by Crippen LogP contribution is 2.59. The van der Waals surface area contributed by atoms with Crippen molar-refractivity contribution >= 4 is 58.3 Å². The van der Waals surface area contributed by atoms with Gasteiger partial charge in [-0.05, 0) is 54.7 Å². The molecular formula is C25H22Cl2N2O6. The quantitative estimate of drug-likeness (QED) is 0.358. The average Bonchev–Trinajstić information content (AvgIpc) is 3.47. The lowest BCUT2D eigenvalue weighted by molar-refractivity contribution is -0.123. The Balaban J connectivity index is 1.22. The molecule has 182 valence electrons. The van der Waals surface area contributed by atoms with E-state index in [1.165, 1.54) is 36.3 Å². The van der Waals surface area contributed by atoms with Gasteiger partial charge < -0.3 is 14.8 Å². The van der Waals surface area contributed by atoms with Crippen LogP contribution in [-0.4, -0.2) is 48.2 Å². The number of anilines is 2. The molecule has 35 heavy (non-hydrogen) atoms. The Morgan fingerprint density at radius 2 is 1.57 bits per heavy atom. The lowest BCUT2D eigenvalue weighted by Gasteiger charge is -2.28. The summed E-state index contributed by atoms with van der Waals surface area (Å²) in [6.07, 6.45) is 0.693. The van der Waals surface area contributed by atoms with Gasteiger partial charge in [0.05, 0.1) is 46.6 Å². The highest BCUT2D eigenvalue weighted by Gasteiger charge is 2.66. The Labute approximate surface area is 211 Å². The first kappa shape index (κ1) is 23.6. The molecule has 3 aliphatic rings. The Morgan fingerprint density at radius 1 is 0.971 bits per heavy atom. The number of halogens is 2. The predicted molar refractivity (Wildman–Crippen MR) is 129 cm³/mol. The molecule has 2 aromatic rings. The second kappa shape index (κ2) is 9.17. The van der Waals surface area contributed by atoms with E-state index in [9.17, 15) is 19.2 Å². The number of esters is 1. The molecule has 0 spiro atoms. The van der Waals surface area contributed by atoms with E-state index in [4.69, 9.17) is 32.7 Å². The van der Waals surface area contributed by atoms with Crippen molar-refractivity contribution < 1.29 is 28.7 Å². The lowest BCUT2D eigenvalue weighted by Crippen LogP contribution is -2.37. The molecule has 5 rings (SSSR count). The van der Waals surface area contributed by atoms with Crippen LogP contribution in [0.1, 0.15) is 16.8 Å². The largest absolute Gasteiger partial charge is 0.495 e. The molecule has 1 aliphatic heterocycles. The third-order valence-electron chi connectivity index (χ3n) is 7.06. The number of amides is 3. The summed E-state index contributed by atoms with van der Waals surface area (Å²) in [4.78, 5) is 51.9. The number of alkyl halides is 2. The summed E-state index contributed by atoms with van der Waals surface area (Å²) in [5.41, 5.74) is 1.01. The Kier molecular flexibility index (Phi) is 6.19. The molecule has 2 saturated carbocycles. The first-order valence-electron chi connectivity index (χ1n) is 11.2. The van der Waals surface area contributed by atoms with E-state index >= 15 is 0 Å². The molecule has 1 saturated heterocycles. The number of hydrogen-bond acceptors (Lipinski definition) is 6. The molecule has 2 aliphatic carbocycles. The minimum absolute atomic E-state index is 0.105. The van der Waals surface area contributed by atoms with Crippen LogP contribution in [0.3, 0.4) is 0 Å². The van der Waals surface area contributed by atoms with Gasteiger partial charge in [0.15, 0.2) is 6.61 Å². The number of carbonyl (C=O) groups is 4. The third kappa shape index (κ3) is 3.94. The average molecular weight is 517 g/mol. The number of nitrogens with zero attached hydrogens (tertiary/aromatic N) is 1. The molecule has 2 bridgehead atoms. The van der Waals surface area contributed by atoms with Gasteiger partial charge >= 0.3 is 5.97 Å². The normalized spacial score (nSPS) is 28.7. The number of benzene rings is 2. The monoisotopic (exact) mass is 516 g/mol. The maximum atomic E-state index is 13.1. The minimum Gasteiger partial charge on any atom is -0.495 e. The zero-order valence-corrected chi connectivity index (χ0v) is 20.2. The number of para-hydroxylation sites is 2. The highest BCUT2D eigenvalue weighted by atomic mass is 35.5. The van der Waals surface area contributed by atoms with Crippen LogP contribution in [0, 0.1) is 23.7 Å². The van der Waals surface area contributed by atoms with Crippen molar-refractivity contribution in [3.8, 4) is 5.75 Å². The minimum atomic E-state index is -0.712. The molecule has 2 aromatic carbocycles. The van der Waals surface area contributed by atoms with Crippen LogP contribution in [0.25, 0.3) is 0 Å². The fourth-order valence-electron chi connectivity index (χ4n) is 5.50. The Bertz CT molecular complexity index is 1170. The molecule has 8 nitrogen and oxygen atoms in total. The molecule has 1 N–H and O–H groups in total. The fraction of sp³-hybridized carbons (Fsp3) is 0.360. The van der Waals surface area contributed by atoms with Crippen molar-refractivity contribution in [2.24, 2.45) is 23.7 Å². The third-order valence-corrected chi connectivity index (χ3v) is 8.38. The van der Waals surface area contributed by atoms with Gasteiger partial charge in [-0.15, -0.1) is 23.2 Å². The molecular weight excluding hydrogens is 495 g/mol. The van der Waals surface area contributed by atoms with E-state index in [-0.39, 0.29) is 40.0 Å². The molecule has 0 aromatic heterocycles. The second-order valence-corrected chi connectivity index (χ2v) is 9.90. The number of nitrogens with one attached hydrogen (secondary N) is 1. The zero-order chi connectivity index (χ0) is 24.9. The topological polar surface area (TPSA) is 102 Å². The summed E-state index contributed by atoms with van der Waals surface area (Å²) in [7, 11) is 1.48. The number of carbonyl (C=O) groups excluding carboxylic acids is 4. The first-order chi connectivity index (χ1) is 16.8. The van der Waals surface area contributed by atoms with Crippen molar-refractivity contribution in [2.75, 3.05) is 23.9 Å². The molecule has 6 atom stereocenters. The van der Waals surface area contributed by atoms with Gasteiger partial charge in [0.25, 0.3) is 5.91 Å². The summed E-state index contributed by atoms with van der Waals surface area (Å²) < 4.78 is 10.3. The van der Waals surface area contributed by atoms with E-state index in [2.05, 4.69) is 5.32 Å². The lowest BCUT2D eigenvalue weighted by atomic mass is 9.80. The van der Waals surface area contributed by atoms with Crippen LogP contribution in [-0.2, 0) is 19.1 Å². The smallest absolute Gasteiger partial charge is 0.338 e. The zero-order valence-electron chi connectivity index (χ0n) is 18.6. The first-order valence-corrected chi connectivity index (χ1v) is 12.0. The highest BCUT2D eigenvalue weighted by molar-refractivity contribution is 6.32. The number of rotatable bonds is 6. The summed E-state index contributed by atoms with van der Waals surface area (Å²) >= 11 is 12.8. The van der Waals surface area contributed by atoms with Crippen LogP contribution in [0.5, 0.6) is 5.75 Å². The number of ether oxygens (including phenoxy) is 2. The molecule has 0 radical (unpaired) electrons. The van der Waals surface area contributed by atoms with Crippen molar-refractivity contribution in [1.29, 1.82) is 0 Å². The van der Waals surface area contributed by atoms with Crippen molar-refractivity contribution in [2.45, 2.75) is 17.2 Å². The van der Waals surface area contributed by atoms with E-state index < -0.39 is 30.3 Å². The van der Waals surface area contributed by atoms with E-state index in [1.807, 2.05) is 0 Å². The van der Waals surface area contributed by atoms with E-state index in [0.29, 0.717) is 23.5 Å². The predicted octanol–water partition coefficient (Wildman–Crippen LogP) is 3.46. The SMILES string of the molecule is COc1ccccc1NC(=O)COC(=O)c1ccc(N2C(=O)[C@@H]3[C@H]4C[C@@H]([C@H](Cl)[C@H]4Cl)[C@H]3C2=O)cc1. The van der Waals surface area contributed by atoms with Crippen molar-refractivity contribution in [3.63, 3.8) is 0 Å². The van der Waals surface area contributed by atoms with Gasteiger partial charge in [-0.3, -0.25) is 19.3 Å². The van der Waals surface area contributed by atoms with Gasteiger partial charge in [0.2, 0.25) is 11.8 Å². The number of hydrogen-bond donors (Lipinski definition) is 1. The molecule has 3 amide bonds. The van der Waals surface area contributed by atoms with Crippen LogP contribution in [0.4, 0.5) is 11.4 Å². The fourth-order valence-corrected chi connectivity index (χ4v) is 6.39. The maximum Gasteiger partial charge on any atom is 0.338 e. The van der Waals surface area contributed by atoms with Gasteiger partial charge in [0.1, 0.15) is 5.75 Å². The van der Waals surface area contributed by atoms with E-state index in [0.717, 1.165) is 0 Å². The number of methoxy groups -OCH3 is 1. The Hall–Kier alpha value is -3.10. The summed E-state index contributed by atoms with van der Waals surface area (Å²) in [5.74, 6) is -2.41. The van der Waals surface area contributed by atoms with Crippen LogP contribution in [0.2, 0.25) is 0 Å².